The molecule has 1 saturated heterocycles. The molecule has 1 aliphatic heterocycles. The topological polar surface area (TPSA) is 50.1 Å². The number of nitrogens with one attached hydrogen (secondary N) is 1. The van der Waals surface area contributed by atoms with Crippen LogP contribution in [0.5, 0.6) is 0 Å². The van der Waals surface area contributed by atoms with E-state index in [4.69, 9.17) is 0 Å². The number of rotatable bonds is 1. The first-order valence-electron chi connectivity index (χ1n) is 4.57. The van der Waals surface area contributed by atoms with Crippen molar-refractivity contribution >= 4 is 0 Å². The van der Waals surface area contributed by atoms with E-state index in [1.54, 1.807) is 0 Å². The maximum Gasteiger partial charge on any atom is 0.0760 e. The SMILES string of the molecule is Cc1cnn(C)c1C1CNCC1O. The monoisotopic (exact) mass is 181 g/mol. The molecule has 0 radical (unpaired) electrons. The van der Waals surface area contributed by atoms with Gasteiger partial charge < -0.3 is 10.4 Å². The van der Waals surface area contributed by atoms with Gasteiger partial charge in [-0.3, -0.25) is 4.68 Å². The summed E-state index contributed by atoms with van der Waals surface area (Å²) >= 11 is 0. The summed E-state index contributed by atoms with van der Waals surface area (Å²) in [5.41, 5.74) is 2.31. The van der Waals surface area contributed by atoms with Crippen molar-refractivity contribution in [1.29, 1.82) is 0 Å². The van der Waals surface area contributed by atoms with Crippen molar-refractivity contribution in [1.82, 2.24) is 15.1 Å². The van der Waals surface area contributed by atoms with Crippen molar-refractivity contribution in [2.24, 2.45) is 7.05 Å². The van der Waals surface area contributed by atoms with Crippen LogP contribution in [-0.4, -0.2) is 34.1 Å². The van der Waals surface area contributed by atoms with Gasteiger partial charge in [0.25, 0.3) is 0 Å². The normalized spacial score (nSPS) is 28.2. The molecule has 1 aliphatic rings. The molecule has 0 aromatic carbocycles. The summed E-state index contributed by atoms with van der Waals surface area (Å²) in [5, 5.41) is 17.1. The maximum absolute atomic E-state index is 9.71. The molecule has 2 unspecified atom stereocenters. The summed E-state index contributed by atoms with van der Waals surface area (Å²) in [6, 6.07) is 0. The molecule has 0 bridgehead atoms. The van der Waals surface area contributed by atoms with E-state index < -0.39 is 0 Å². The van der Waals surface area contributed by atoms with E-state index in [0.29, 0.717) is 6.54 Å². The van der Waals surface area contributed by atoms with E-state index in [-0.39, 0.29) is 12.0 Å². The average molecular weight is 181 g/mol. The van der Waals surface area contributed by atoms with Crippen molar-refractivity contribution in [3.63, 3.8) is 0 Å². The lowest BCUT2D eigenvalue weighted by molar-refractivity contribution is 0.174. The van der Waals surface area contributed by atoms with Gasteiger partial charge in [-0.25, -0.2) is 0 Å². The number of hydrogen-bond acceptors (Lipinski definition) is 3. The van der Waals surface area contributed by atoms with Crippen LogP contribution in [-0.2, 0) is 7.05 Å². The quantitative estimate of drug-likeness (QED) is 0.629. The molecule has 2 rings (SSSR count). The zero-order valence-corrected chi connectivity index (χ0v) is 7.99. The fraction of sp³-hybridized carbons (Fsp3) is 0.667. The molecule has 0 aliphatic carbocycles. The van der Waals surface area contributed by atoms with Crippen LogP contribution in [0.1, 0.15) is 17.2 Å². The van der Waals surface area contributed by atoms with E-state index in [0.717, 1.165) is 17.8 Å². The lowest BCUT2D eigenvalue weighted by Gasteiger charge is -2.14. The van der Waals surface area contributed by atoms with E-state index in [1.165, 1.54) is 0 Å². The second-order valence-electron chi connectivity index (χ2n) is 3.67. The first kappa shape index (κ1) is 8.72. The van der Waals surface area contributed by atoms with Crippen molar-refractivity contribution in [2.75, 3.05) is 13.1 Å². The fourth-order valence-corrected chi connectivity index (χ4v) is 2.03. The van der Waals surface area contributed by atoms with Gasteiger partial charge in [0.1, 0.15) is 0 Å². The van der Waals surface area contributed by atoms with Gasteiger partial charge in [-0.2, -0.15) is 5.10 Å². The Hall–Kier alpha value is -0.870. The zero-order chi connectivity index (χ0) is 9.42. The van der Waals surface area contributed by atoms with Crippen LogP contribution in [0, 0.1) is 6.92 Å². The van der Waals surface area contributed by atoms with E-state index in [1.807, 2.05) is 24.9 Å². The molecule has 0 saturated carbocycles. The summed E-state index contributed by atoms with van der Waals surface area (Å²) in [5.74, 6) is 0.201. The number of β-amino-alcohol motifs (C(OH)–C–C–N with tert-alkyl or cyclic N) is 1. The average Bonchev–Trinajstić information content (AvgIpc) is 2.60. The predicted octanol–water partition coefficient (Wildman–Crippen LogP) is -0.224. The number of aliphatic hydroxyl groups excluding tert-OH is 1. The van der Waals surface area contributed by atoms with Gasteiger partial charge in [0.15, 0.2) is 0 Å². The molecule has 1 fully saturated rings. The molecule has 2 atom stereocenters. The largest absolute Gasteiger partial charge is 0.391 e. The van der Waals surface area contributed by atoms with Crippen molar-refractivity contribution in [3.05, 3.63) is 17.5 Å². The third kappa shape index (κ3) is 1.36. The highest BCUT2D eigenvalue weighted by Crippen LogP contribution is 2.24. The molecular formula is C9H15N3O. The second kappa shape index (κ2) is 3.12. The Morgan fingerprint density at radius 1 is 1.62 bits per heavy atom. The summed E-state index contributed by atoms with van der Waals surface area (Å²) in [6.45, 7) is 3.57. The fourth-order valence-electron chi connectivity index (χ4n) is 2.03. The smallest absolute Gasteiger partial charge is 0.0760 e. The van der Waals surface area contributed by atoms with Gasteiger partial charge in [-0.05, 0) is 12.5 Å². The summed E-state index contributed by atoms with van der Waals surface area (Å²) in [6.07, 6.45) is 1.58. The van der Waals surface area contributed by atoms with Crippen LogP contribution in [0.15, 0.2) is 6.20 Å². The molecule has 2 N–H and O–H groups in total. The Morgan fingerprint density at radius 3 is 2.85 bits per heavy atom. The molecule has 4 heteroatoms. The first-order chi connectivity index (χ1) is 6.20. The third-order valence-electron chi connectivity index (χ3n) is 2.71. The molecular weight excluding hydrogens is 166 g/mol. The molecule has 13 heavy (non-hydrogen) atoms. The number of aryl methyl sites for hydroxylation is 2. The standard InChI is InChI=1S/C9H15N3O/c1-6-3-11-12(2)9(6)7-4-10-5-8(7)13/h3,7-8,10,13H,4-5H2,1-2H3. The van der Waals surface area contributed by atoms with Gasteiger partial charge in [0.2, 0.25) is 0 Å². The summed E-state index contributed by atoms with van der Waals surface area (Å²) < 4.78 is 1.86. The minimum atomic E-state index is -0.269. The van der Waals surface area contributed by atoms with Crippen molar-refractivity contribution in [3.8, 4) is 0 Å². The minimum absolute atomic E-state index is 0.201. The van der Waals surface area contributed by atoms with Gasteiger partial charge in [0, 0.05) is 31.7 Å². The van der Waals surface area contributed by atoms with Crippen LogP contribution in [0.2, 0.25) is 0 Å². The lowest BCUT2D eigenvalue weighted by atomic mass is 9.99. The molecule has 1 aromatic heterocycles. The van der Waals surface area contributed by atoms with Gasteiger partial charge >= 0.3 is 0 Å². The third-order valence-corrected chi connectivity index (χ3v) is 2.71. The van der Waals surface area contributed by atoms with E-state index >= 15 is 0 Å². The zero-order valence-electron chi connectivity index (χ0n) is 7.99. The van der Waals surface area contributed by atoms with Crippen LogP contribution >= 0.6 is 0 Å². The van der Waals surface area contributed by atoms with Crippen molar-refractivity contribution < 1.29 is 5.11 Å². The van der Waals surface area contributed by atoms with E-state index in [2.05, 4.69) is 10.4 Å². The second-order valence-corrected chi connectivity index (χ2v) is 3.67. The molecule has 1 aromatic rings. The van der Waals surface area contributed by atoms with E-state index in [9.17, 15) is 5.11 Å². The highest BCUT2D eigenvalue weighted by atomic mass is 16.3. The minimum Gasteiger partial charge on any atom is -0.391 e. The Morgan fingerprint density at radius 2 is 2.38 bits per heavy atom. The number of aliphatic hydroxyl groups is 1. The number of aromatic nitrogens is 2. The van der Waals surface area contributed by atoms with Crippen LogP contribution in [0.4, 0.5) is 0 Å². The highest BCUT2D eigenvalue weighted by Gasteiger charge is 2.29. The van der Waals surface area contributed by atoms with Crippen LogP contribution < -0.4 is 5.32 Å². The molecule has 2 heterocycles. The Bertz CT molecular complexity index is 288. The Labute approximate surface area is 77.6 Å². The molecule has 0 spiro atoms. The molecule has 0 amide bonds. The van der Waals surface area contributed by atoms with Crippen molar-refractivity contribution in [2.45, 2.75) is 18.9 Å². The Balaban J connectivity index is 2.33. The predicted molar refractivity (Wildman–Crippen MR) is 49.6 cm³/mol. The van der Waals surface area contributed by atoms with Crippen LogP contribution in [0.3, 0.4) is 0 Å². The Kier molecular flexibility index (Phi) is 2.09. The number of nitrogens with zero attached hydrogens (tertiary/aromatic N) is 2. The van der Waals surface area contributed by atoms with Crippen LogP contribution in [0.25, 0.3) is 0 Å². The number of hydrogen-bond donors (Lipinski definition) is 2. The molecule has 72 valence electrons. The summed E-state index contributed by atoms with van der Waals surface area (Å²) in [7, 11) is 1.92. The lowest BCUT2D eigenvalue weighted by Crippen LogP contribution is -2.19. The first-order valence-corrected chi connectivity index (χ1v) is 4.57. The van der Waals surface area contributed by atoms with Gasteiger partial charge in [0.05, 0.1) is 12.3 Å². The van der Waals surface area contributed by atoms with Gasteiger partial charge in [-0.15, -0.1) is 0 Å². The van der Waals surface area contributed by atoms with Gasteiger partial charge in [-0.1, -0.05) is 0 Å². The highest BCUT2D eigenvalue weighted by molar-refractivity contribution is 5.23. The summed E-state index contributed by atoms with van der Waals surface area (Å²) in [4.78, 5) is 0. The molecule has 4 nitrogen and oxygen atoms in total. The maximum atomic E-state index is 9.71.